The third-order valence-electron chi connectivity index (χ3n) is 5.89. The molecule has 3 rings (SSSR count). The first-order chi connectivity index (χ1) is 18.8. The Morgan fingerprint density at radius 1 is 0.744 bits per heavy atom. The van der Waals surface area contributed by atoms with Gasteiger partial charge in [-0.3, -0.25) is 14.4 Å². The lowest BCUT2D eigenvalue weighted by Gasteiger charge is -2.13. The first-order valence-electron chi connectivity index (χ1n) is 12.0. The number of amides is 1. The smallest absolute Gasteiger partial charge is 0.320 e. The van der Waals surface area contributed by atoms with Crippen LogP contribution in [0.4, 0.5) is 0 Å². The maximum absolute atomic E-state index is 12.7. The Morgan fingerprint density at radius 2 is 1.26 bits per heavy atom. The monoisotopic (exact) mass is 533 g/mol. The van der Waals surface area contributed by atoms with Gasteiger partial charge < -0.3 is 29.0 Å². The van der Waals surface area contributed by atoms with Crippen molar-refractivity contribution in [3.63, 3.8) is 0 Å². The van der Waals surface area contributed by atoms with Crippen molar-refractivity contribution >= 4 is 29.5 Å². The third-order valence-corrected chi connectivity index (χ3v) is 5.89. The molecular weight excluding hydrogens is 502 g/mol. The molecule has 0 aliphatic rings. The predicted molar refractivity (Wildman–Crippen MR) is 146 cm³/mol. The van der Waals surface area contributed by atoms with Gasteiger partial charge in [0, 0.05) is 18.7 Å². The minimum atomic E-state index is -1.04. The molecule has 0 atom stereocenters. The summed E-state index contributed by atoms with van der Waals surface area (Å²) in [4.78, 5) is 36.6. The number of carbonyl (C=O) groups is 3. The van der Waals surface area contributed by atoms with E-state index in [-0.39, 0.29) is 12.3 Å². The minimum Gasteiger partial charge on any atom is -0.497 e. The van der Waals surface area contributed by atoms with E-state index in [1.54, 1.807) is 81.9 Å². The molecule has 9 heteroatoms. The average molecular weight is 534 g/mol. The molecule has 3 aromatic rings. The molecule has 0 unspecified atom stereocenters. The second-order valence-corrected chi connectivity index (χ2v) is 8.36. The van der Waals surface area contributed by atoms with Gasteiger partial charge in [0.2, 0.25) is 0 Å². The van der Waals surface area contributed by atoms with Crippen LogP contribution in [0.25, 0.3) is 11.6 Å². The highest BCUT2D eigenvalue weighted by Crippen LogP contribution is 2.28. The van der Waals surface area contributed by atoms with E-state index in [0.29, 0.717) is 34.1 Å². The van der Waals surface area contributed by atoms with Crippen LogP contribution in [0.3, 0.4) is 0 Å². The number of methoxy groups -OCH3 is 4. The van der Waals surface area contributed by atoms with E-state index in [4.69, 9.17) is 23.7 Å². The molecule has 0 bridgehead atoms. The maximum Gasteiger partial charge on any atom is 0.320 e. The van der Waals surface area contributed by atoms with Crippen molar-refractivity contribution < 1.29 is 38.1 Å². The first kappa shape index (κ1) is 28.8. The van der Waals surface area contributed by atoms with Crippen LogP contribution in [-0.4, -0.2) is 53.3 Å². The van der Waals surface area contributed by atoms with E-state index in [1.807, 2.05) is 12.1 Å². The summed E-state index contributed by atoms with van der Waals surface area (Å²) >= 11 is 0. The van der Waals surface area contributed by atoms with Crippen LogP contribution in [0, 0.1) is 5.92 Å². The summed E-state index contributed by atoms with van der Waals surface area (Å²) in [6.45, 7) is 0. The Balaban J connectivity index is 1.78. The summed E-state index contributed by atoms with van der Waals surface area (Å²) in [7, 11) is 7.15. The summed E-state index contributed by atoms with van der Waals surface area (Å²) in [6, 6.07) is 19.5. The van der Waals surface area contributed by atoms with Crippen LogP contribution in [0.1, 0.15) is 16.7 Å². The normalized spacial score (nSPS) is 11.0. The maximum atomic E-state index is 12.7. The zero-order valence-corrected chi connectivity index (χ0v) is 22.5. The summed E-state index contributed by atoms with van der Waals surface area (Å²) in [5.74, 6) is -0.262. The van der Waals surface area contributed by atoms with E-state index in [1.165, 1.54) is 14.2 Å². The van der Waals surface area contributed by atoms with Gasteiger partial charge in [0.15, 0.2) is 5.92 Å². The molecule has 0 spiro atoms. The van der Waals surface area contributed by atoms with E-state index < -0.39 is 17.9 Å². The van der Waals surface area contributed by atoms with Gasteiger partial charge in [0.25, 0.3) is 5.91 Å². The molecule has 3 aromatic carbocycles. The van der Waals surface area contributed by atoms with Crippen molar-refractivity contribution in [3.8, 4) is 23.0 Å². The van der Waals surface area contributed by atoms with Crippen molar-refractivity contribution in [1.82, 2.24) is 5.32 Å². The van der Waals surface area contributed by atoms with Crippen LogP contribution in [0.2, 0.25) is 0 Å². The Kier molecular flexibility index (Phi) is 10.1. The topological polar surface area (TPSA) is 109 Å². The van der Waals surface area contributed by atoms with Crippen LogP contribution >= 0.6 is 0 Å². The Morgan fingerprint density at radius 3 is 1.72 bits per heavy atom. The highest BCUT2D eigenvalue weighted by Gasteiger charge is 2.28. The number of carbonyl (C=O) groups excluding carboxylic acids is 3. The largest absolute Gasteiger partial charge is 0.497 e. The fourth-order valence-corrected chi connectivity index (χ4v) is 3.81. The quantitative estimate of drug-likeness (QED) is 0.168. The van der Waals surface area contributed by atoms with Crippen LogP contribution in [0.5, 0.6) is 23.0 Å². The van der Waals surface area contributed by atoms with Crippen LogP contribution in [0.15, 0.2) is 66.7 Å². The molecule has 0 aromatic heterocycles. The summed E-state index contributed by atoms with van der Waals surface area (Å²) in [5.41, 5.74) is 2.63. The van der Waals surface area contributed by atoms with Crippen molar-refractivity contribution in [1.29, 1.82) is 0 Å². The minimum absolute atomic E-state index is 0.141. The lowest BCUT2D eigenvalue weighted by Crippen LogP contribution is -2.28. The standard InChI is InChI=1S/C30H31NO8/c1-31-28(32)26(17-20-14-24(35-2)18-25(15-20)36-3)21-8-12-23(13-9-21)39-22-10-6-19(7-11-22)16-27(29(33)37-4)30(34)38-5/h6-15,17-18,27H,16H2,1-5H3,(H,31,32)/b26-17+. The van der Waals surface area contributed by atoms with Gasteiger partial charge in [0.05, 0.1) is 28.4 Å². The molecule has 1 N–H and O–H groups in total. The molecule has 0 aliphatic carbocycles. The lowest BCUT2D eigenvalue weighted by atomic mass is 9.99. The zero-order chi connectivity index (χ0) is 28.4. The molecule has 0 saturated carbocycles. The molecule has 0 radical (unpaired) electrons. The fraction of sp³-hybridized carbons (Fsp3) is 0.233. The number of esters is 2. The first-order valence-corrected chi connectivity index (χ1v) is 12.0. The summed E-state index contributed by atoms with van der Waals surface area (Å²) in [6.07, 6.45) is 1.90. The fourth-order valence-electron chi connectivity index (χ4n) is 3.81. The number of rotatable bonds is 11. The molecule has 39 heavy (non-hydrogen) atoms. The molecule has 0 saturated heterocycles. The molecule has 9 nitrogen and oxygen atoms in total. The molecule has 204 valence electrons. The van der Waals surface area contributed by atoms with E-state index in [0.717, 1.165) is 11.1 Å². The number of likely N-dealkylation sites (N-methyl/N-ethyl adjacent to an activating group) is 1. The van der Waals surface area contributed by atoms with E-state index in [9.17, 15) is 14.4 Å². The second kappa shape index (κ2) is 13.7. The van der Waals surface area contributed by atoms with Gasteiger partial charge in [-0.15, -0.1) is 0 Å². The van der Waals surface area contributed by atoms with Crippen molar-refractivity contribution in [2.45, 2.75) is 6.42 Å². The highest BCUT2D eigenvalue weighted by atomic mass is 16.5. The lowest BCUT2D eigenvalue weighted by molar-refractivity contribution is -0.158. The molecule has 0 fully saturated rings. The Labute approximate surface area is 227 Å². The van der Waals surface area contributed by atoms with E-state index in [2.05, 4.69) is 5.32 Å². The van der Waals surface area contributed by atoms with Crippen LogP contribution < -0.4 is 19.5 Å². The van der Waals surface area contributed by atoms with Crippen molar-refractivity contribution in [2.24, 2.45) is 5.92 Å². The number of hydrogen-bond acceptors (Lipinski definition) is 8. The summed E-state index contributed by atoms with van der Waals surface area (Å²) < 4.78 is 26.0. The molecule has 1 amide bonds. The number of nitrogens with one attached hydrogen (secondary N) is 1. The third kappa shape index (κ3) is 7.61. The second-order valence-electron chi connectivity index (χ2n) is 8.36. The number of hydrogen-bond donors (Lipinski definition) is 1. The van der Waals surface area contributed by atoms with Crippen LogP contribution in [-0.2, 0) is 30.3 Å². The Hall–Kier alpha value is -4.79. The predicted octanol–water partition coefficient (Wildman–Crippen LogP) is 4.29. The van der Waals surface area contributed by atoms with Gasteiger partial charge in [0.1, 0.15) is 23.0 Å². The number of benzene rings is 3. The number of ether oxygens (including phenoxy) is 5. The van der Waals surface area contributed by atoms with Crippen molar-refractivity contribution in [3.05, 3.63) is 83.4 Å². The van der Waals surface area contributed by atoms with Gasteiger partial charge in [-0.1, -0.05) is 24.3 Å². The summed E-state index contributed by atoms with van der Waals surface area (Å²) in [5, 5.41) is 2.68. The highest BCUT2D eigenvalue weighted by molar-refractivity contribution is 6.24. The molecular formula is C30H31NO8. The SMILES string of the molecule is CNC(=O)/C(=C/c1cc(OC)cc(OC)c1)c1ccc(Oc2ccc(CC(C(=O)OC)C(=O)OC)cc2)cc1. The average Bonchev–Trinajstić information content (AvgIpc) is 2.98. The van der Waals surface area contributed by atoms with Gasteiger partial charge in [-0.25, -0.2) is 0 Å². The van der Waals surface area contributed by atoms with Gasteiger partial charge in [-0.2, -0.15) is 0 Å². The Bertz CT molecular complexity index is 1290. The van der Waals surface area contributed by atoms with Crippen molar-refractivity contribution in [2.75, 3.05) is 35.5 Å². The molecule has 0 heterocycles. The van der Waals surface area contributed by atoms with Gasteiger partial charge >= 0.3 is 11.9 Å². The zero-order valence-electron chi connectivity index (χ0n) is 22.5. The van der Waals surface area contributed by atoms with E-state index >= 15 is 0 Å². The molecule has 0 aliphatic heterocycles. The van der Waals surface area contributed by atoms with Gasteiger partial charge in [-0.05, 0) is 65.6 Å².